The van der Waals surface area contributed by atoms with Crippen molar-refractivity contribution in [2.75, 3.05) is 11.9 Å². The summed E-state index contributed by atoms with van der Waals surface area (Å²) in [6.07, 6.45) is 0. The average Bonchev–Trinajstić information content (AvgIpc) is 2.09. The Labute approximate surface area is 90.1 Å². The van der Waals surface area contributed by atoms with E-state index in [0.717, 1.165) is 16.9 Å². The van der Waals surface area contributed by atoms with E-state index in [1.165, 1.54) is 4.90 Å². The second-order valence-electron chi connectivity index (χ2n) is 2.14. The summed E-state index contributed by atoms with van der Waals surface area (Å²) in [6, 6.07) is 7.77. The predicted octanol–water partition coefficient (Wildman–Crippen LogP) is 3.33. The minimum absolute atomic E-state index is 0.778. The van der Waals surface area contributed by atoms with Crippen molar-refractivity contribution in [2.24, 2.45) is 0 Å². The zero-order chi connectivity index (χ0) is 8.81. The zero-order valence-electron chi connectivity index (χ0n) is 6.39. The standard InChI is InChI=1S/C8H9BrClNS/c9-5-6-11-12-8-3-1-7(10)2-4-8/h1-4,11H,5-6H2. The second kappa shape index (κ2) is 5.86. The van der Waals surface area contributed by atoms with Crippen LogP contribution in [0.25, 0.3) is 0 Å². The molecule has 0 heterocycles. The van der Waals surface area contributed by atoms with Gasteiger partial charge in [-0.05, 0) is 36.2 Å². The van der Waals surface area contributed by atoms with Crippen LogP contribution >= 0.6 is 39.5 Å². The number of nitrogens with one attached hydrogen (secondary N) is 1. The van der Waals surface area contributed by atoms with Crippen molar-refractivity contribution in [3.8, 4) is 0 Å². The van der Waals surface area contributed by atoms with Gasteiger partial charge in [-0.3, -0.25) is 4.72 Å². The van der Waals surface area contributed by atoms with Crippen molar-refractivity contribution < 1.29 is 0 Å². The zero-order valence-corrected chi connectivity index (χ0v) is 9.55. The molecule has 1 N–H and O–H groups in total. The molecule has 0 fully saturated rings. The van der Waals surface area contributed by atoms with Crippen LogP contribution in [0.5, 0.6) is 0 Å². The molecule has 4 heteroatoms. The van der Waals surface area contributed by atoms with Gasteiger partial charge < -0.3 is 0 Å². The van der Waals surface area contributed by atoms with Gasteiger partial charge in [0.2, 0.25) is 0 Å². The third-order valence-electron chi connectivity index (χ3n) is 1.20. The van der Waals surface area contributed by atoms with E-state index in [2.05, 4.69) is 20.7 Å². The molecule has 0 saturated heterocycles. The first-order chi connectivity index (χ1) is 5.83. The van der Waals surface area contributed by atoms with Crippen LogP contribution in [0.2, 0.25) is 5.02 Å². The normalized spacial score (nSPS) is 10.2. The van der Waals surface area contributed by atoms with Crippen LogP contribution in [-0.2, 0) is 0 Å². The quantitative estimate of drug-likeness (QED) is 0.510. The van der Waals surface area contributed by atoms with E-state index in [1.807, 2.05) is 24.3 Å². The summed E-state index contributed by atoms with van der Waals surface area (Å²) in [5.41, 5.74) is 0. The van der Waals surface area contributed by atoms with Crippen molar-refractivity contribution in [2.45, 2.75) is 4.90 Å². The van der Waals surface area contributed by atoms with Gasteiger partial charge in [0.05, 0.1) is 0 Å². The maximum absolute atomic E-state index is 5.74. The largest absolute Gasteiger partial charge is 0.259 e. The molecule has 1 nitrogen and oxygen atoms in total. The van der Waals surface area contributed by atoms with Gasteiger partial charge in [0.15, 0.2) is 0 Å². The van der Waals surface area contributed by atoms with Crippen molar-refractivity contribution in [1.29, 1.82) is 0 Å². The number of hydrogen-bond acceptors (Lipinski definition) is 2. The van der Waals surface area contributed by atoms with Crippen LogP contribution in [-0.4, -0.2) is 11.9 Å². The van der Waals surface area contributed by atoms with Crippen molar-refractivity contribution >= 4 is 39.5 Å². The van der Waals surface area contributed by atoms with Gasteiger partial charge in [-0.25, -0.2) is 0 Å². The highest BCUT2D eigenvalue weighted by Gasteiger charge is 1.92. The maximum atomic E-state index is 5.74. The Balaban J connectivity index is 2.37. The van der Waals surface area contributed by atoms with Crippen LogP contribution < -0.4 is 4.72 Å². The van der Waals surface area contributed by atoms with E-state index < -0.39 is 0 Å². The first-order valence-corrected chi connectivity index (χ1v) is 5.86. The fraction of sp³-hybridized carbons (Fsp3) is 0.250. The molecule has 0 atom stereocenters. The lowest BCUT2D eigenvalue weighted by Crippen LogP contribution is -2.05. The lowest BCUT2D eigenvalue weighted by Gasteiger charge is -2.00. The van der Waals surface area contributed by atoms with Crippen LogP contribution in [0, 0.1) is 0 Å². The molecule has 0 aliphatic heterocycles. The Kier molecular flexibility index (Phi) is 5.07. The Morgan fingerprint density at radius 3 is 2.58 bits per heavy atom. The predicted molar refractivity (Wildman–Crippen MR) is 59.1 cm³/mol. The van der Waals surface area contributed by atoms with Crippen LogP contribution in [0.1, 0.15) is 0 Å². The Morgan fingerprint density at radius 2 is 2.00 bits per heavy atom. The van der Waals surface area contributed by atoms with Gasteiger partial charge in [0.1, 0.15) is 0 Å². The van der Waals surface area contributed by atoms with E-state index in [-0.39, 0.29) is 0 Å². The summed E-state index contributed by atoms with van der Waals surface area (Å²) in [6.45, 7) is 0.952. The summed E-state index contributed by atoms with van der Waals surface area (Å²) in [5.74, 6) is 0. The first-order valence-electron chi connectivity index (χ1n) is 3.54. The maximum Gasteiger partial charge on any atom is 0.0406 e. The number of halogens is 2. The lowest BCUT2D eigenvalue weighted by molar-refractivity contribution is 1.05. The smallest absolute Gasteiger partial charge is 0.0406 e. The molecule has 0 bridgehead atoms. The Hall–Kier alpha value is 0.300. The van der Waals surface area contributed by atoms with Crippen LogP contribution in [0.4, 0.5) is 0 Å². The molecule has 0 radical (unpaired) electrons. The van der Waals surface area contributed by atoms with Gasteiger partial charge >= 0.3 is 0 Å². The summed E-state index contributed by atoms with van der Waals surface area (Å²) in [5, 5.41) is 1.74. The fourth-order valence-corrected chi connectivity index (χ4v) is 1.91. The van der Waals surface area contributed by atoms with Crippen molar-refractivity contribution in [3.63, 3.8) is 0 Å². The molecule has 0 amide bonds. The van der Waals surface area contributed by atoms with Crippen molar-refractivity contribution in [1.82, 2.24) is 4.72 Å². The van der Waals surface area contributed by atoms with E-state index in [9.17, 15) is 0 Å². The summed E-state index contributed by atoms with van der Waals surface area (Å²) < 4.78 is 3.20. The van der Waals surface area contributed by atoms with E-state index in [1.54, 1.807) is 11.9 Å². The van der Waals surface area contributed by atoms with Gasteiger partial charge in [-0.15, -0.1) is 0 Å². The van der Waals surface area contributed by atoms with E-state index in [4.69, 9.17) is 11.6 Å². The number of rotatable bonds is 4. The van der Waals surface area contributed by atoms with Gasteiger partial charge in [-0.1, -0.05) is 27.5 Å². The third kappa shape index (κ3) is 3.81. The highest BCUT2D eigenvalue weighted by Crippen LogP contribution is 2.17. The molecule has 0 saturated carbocycles. The lowest BCUT2D eigenvalue weighted by atomic mass is 10.4. The molecule has 1 aromatic carbocycles. The van der Waals surface area contributed by atoms with E-state index in [0.29, 0.717) is 0 Å². The van der Waals surface area contributed by atoms with Gasteiger partial charge in [-0.2, -0.15) is 0 Å². The number of hydrogen-bond donors (Lipinski definition) is 1. The minimum Gasteiger partial charge on any atom is -0.259 e. The summed E-state index contributed by atoms with van der Waals surface area (Å²) in [4.78, 5) is 1.18. The molecule has 0 unspecified atom stereocenters. The average molecular weight is 267 g/mol. The van der Waals surface area contributed by atoms with Crippen molar-refractivity contribution in [3.05, 3.63) is 29.3 Å². The molecule has 1 aromatic rings. The molecule has 0 aliphatic rings. The molecular formula is C8H9BrClNS. The molecule has 12 heavy (non-hydrogen) atoms. The Morgan fingerprint density at radius 1 is 1.33 bits per heavy atom. The third-order valence-corrected chi connectivity index (χ3v) is 2.71. The molecule has 0 spiro atoms. The van der Waals surface area contributed by atoms with Gasteiger partial charge in [0.25, 0.3) is 0 Å². The van der Waals surface area contributed by atoms with Gasteiger partial charge in [0, 0.05) is 21.8 Å². The minimum atomic E-state index is 0.778. The highest BCUT2D eigenvalue weighted by molar-refractivity contribution is 9.09. The molecule has 0 aromatic heterocycles. The monoisotopic (exact) mass is 265 g/mol. The SMILES string of the molecule is Clc1ccc(SNCCBr)cc1. The highest BCUT2D eigenvalue weighted by atomic mass is 79.9. The van der Waals surface area contributed by atoms with Crippen LogP contribution in [0.15, 0.2) is 29.2 Å². The number of alkyl halides is 1. The fourth-order valence-electron chi connectivity index (χ4n) is 0.676. The Bertz CT molecular complexity index is 227. The molecule has 0 aliphatic carbocycles. The molecule has 66 valence electrons. The number of benzene rings is 1. The first kappa shape index (κ1) is 10.4. The van der Waals surface area contributed by atoms with Crippen LogP contribution in [0.3, 0.4) is 0 Å². The topological polar surface area (TPSA) is 12.0 Å². The molecular weight excluding hydrogens is 258 g/mol. The second-order valence-corrected chi connectivity index (χ2v) is 4.33. The molecule has 1 rings (SSSR count). The van der Waals surface area contributed by atoms with E-state index >= 15 is 0 Å². The summed E-state index contributed by atoms with van der Waals surface area (Å²) in [7, 11) is 0. The summed E-state index contributed by atoms with van der Waals surface area (Å²) >= 11 is 10.7.